The molecule has 0 bridgehead atoms. The van der Waals surface area contributed by atoms with Crippen LogP contribution in [0.4, 0.5) is 0 Å². The highest BCUT2D eigenvalue weighted by atomic mass is 127. The molecule has 2 nitrogen and oxygen atoms in total. The molecule has 0 spiro atoms. The lowest BCUT2D eigenvalue weighted by molar-refractivity contribution is 0.265. The van der Waals surface area contributed by atoms with E-state index in [-0.39, 0.29) is 6.61 Å². The summed E-state index contributed by atoms with van der Waals surface area (Å²) in [6, 6.07) is 4.23. The molecule has 0 saturated heterocycles. The molecule has 0 aliphatic carbocycles. The van der Waals surface area contributed by atoms with Gasteiger partial charge in [0.05, 0.1) is 13.7 Å². The molecule has 5 heteroatoms. The topological polar surface area (TPSA) is 29.5 Å². The molecule has 0 aromatic heterocycles. The lowest BCUT2D eigenvalue weighted by Crippen LogP contribution is -2.01. The van der Waals surface area contributed by atoms with Gasteiger partial charge in [0.15, 0.2) is 0 Å². The first-order valence-corrected chi connectivity index (χ1v) is 8.27. The van der Waals surface area contributed by atoms with Crippen molar-refractivity contribution in [1.29, 1.82) is 0 Å². The van der Waals surface area contributed by atoms with Gasteiger partial charge in [-0.3, -0.25) is 0 Å². The number of hydrogen-bond donors (Lipinski definition) is 1. The molecular weight excluding hydrogens is 545 g/mol. The molecule has 16 heavy (non-hydrogen) atoms. The fraction of sp³-hybridized carbons (Fsp3) is 0.455. The van der Waals surface area contributed by atoms with Gasteiger partial charge in [-0.05, 0) is 99.2 Å². The predicted molar refractivity (Wildman–Crippen MR) is 91.0 cm³/mol. The van der Waals surface area contributed by atoms with Crippen LogP contribution in [0, 0.1) is 10.7 Å². The number of unbranched alkanes of at least 4 members (excludes halogenated alkanes) is 2. The van der Waals surface area contributed by atoms with Gasteiger partial charge >= 0.3 is 0 Å². The summed E-state index contributed by atoms with van der Waals surface area (Å²) in [5.41, 5.74) is 0. The summed E-state index contributed by atoms with van der Waals surface area (Å²) in [6.07, 6.45) is 2.89. The van der Waals surface area contributed by atoms with Gasteiger partial charge in [-0.1, -0.05) is 0 Å². The Hall–Kier alpha value is 1.17. The van der Waals surface area contributed by atoms with E-state index in [0.29, 0.717) is 0 Å². The zero-order chi connectivity index (χ0) is 12.0. The van der Waals surface area contributed by atoms with Crippen LogP contribution in [0.15, 0.2) is 12.1 Å². The van der Waals surface area contributed by atoms with Crippen molar-refractivity contribution in [1.82, 2.24) is 0 Å². The second-order valence-electron chi connectivity index (χ2n) is 3.33. The first kappa shape index (κ1) is 15.2. The van der Waals surface area contributed by atoms with E-state index < -0.39 is 0 Å². The molecule has 0 fully saturated rings. The van der Waals surface area contributed by atoms with E-state index in [1.54, 1.807) is 0 Å². The van der Waals surface area contributed by atoms with Gasteiger partial charge < -0.3 is 9.84 Å². The largest absolute Gasteiger partial charge is 0.491 e. The standard InChI is InChI=1S/C11H13I3O2/c12-8-6-9(13)11(10(14)7-8)16-5-3-1-2-4-15/h6-7,15H,1-5H2. The maximum atomic E-state index is 8.66. The van der Waals surface area contributed by atoms with Crippen molar-refractivity contribution in [2.24, 2.45) is 0 Å². The van der Waals surface area contributed by atoms with Gasteiger partial charge in [-0.25, -0.2) is 0 Å². The lowest BCUT2D eigenvalue weighted by atomic mass is 10.2. The smallest absolute Gasteiger partial charge is 0.145 e. The Morgan fingerprint density at radius 1 is 1.00 bits per heavy atom. The zero-order valence-electron chi connectivity index (χ0n) is 8.68. The average molecular weight is 558 g/mol. The molecule has 0 heterocycles. The van der Waals surface area contributed by atoms with Crippen LogP contribution in [-0.4, -0.2) is 18.3 Å². The van der Waals surface area contributed by atoms with E-state index in [9.17, 15) is 0 Å². The maximum absolute atomic E-state index is 8.66. The lowest BCUT2D eigenvalue weighted by Gasteiger charge is -2.10. The van der Waals surface area contributed by atoms with Crippen molar-refractivity contribution < 1.29 is 9.84 Å². The highest BCUT2D eigenvalue weighted by Gasteiger charge is 2.07. The molecular formula is C11H13I3O2. The Labute approximate surface area is 137 Å². The minimum Gasteiger partial charge on any atom is -0.491 e. The molecule has 0 aliphatic heterocycles. The van der Waals surface area contributed by atoms with E-state index in [0.717, 1.165) is 38.8 Å². The maximum Gasteiger partial charge on any atom is 0.145 e. The van der Waals surface area contributed by atoms with Gasteiger partial charge in [-0.15, -0.1) is 0 Å². The molecule has 1 aromatic rings. The fourth-order valence-corrected chi connectivity index (χ4v) is 5.13. The second kappa shape index (κ2) is 8.30. The van der Waals surface area contributed by atoms with E-state index in [2.05, 4.69) is 79.9 Å². The third kappa shape index (κ3) is 5.21. The molecule has 0 aliphatic rings. The fourth-order valence-electron chi connectivity index (χ4n) is 1.23. The van der Waals surface area contributed by atoms with Crippen molar-refractivity contribution in [3.05, 3.63) is 22.8 Å². The number of hydrogen-bond acceptors (Lipinski definition) is 2. The van der Waals surface area contributed by atoms with Crippen molar-refractivity contribution in [2.75, 3.05) is 13.2 Å². The molecule has 1 aromatic carbocycles. The van der Waals surface area contributed by atoms with Crippen LogP contribution in [0.3, 0.4) is 0 Å². The first-order chi connectivity index (χ1) is 7.65. The third-order valence-electron chi connectivity index (χ3n) is 2.01. The normalized spacial score (nSPS) is 10.5. The van der Waals surface area contributed by atoms with Crippen LogP contribution >= 0.6 is 67.8 Å². The zero-order valence-corrected chi connectivity index (χ0v) is 15.2. The predicted octanol–water partition coefficient (Wildman–Crippen LogP) is 4.04. The van der Waals surface area contributed by atoms with Gasteiger partial charge in [0.2, 0.25) is 0 Å². The third-order valence-corrected chi connectivity index (χ3v) is 4.24. The molecule has 1 rings (SSSR count). The van der Waals surface area contributed by atoms with Crippen molar-refractivity contribution >= 4 is 67.8 Å². The van der Waals surface area contributed by atoms with E-state index >= 15 is 0 Å². The highest BCUT2D eigenvalue weighted by molar-refractivity contribution is 14.1. The van der Waals surface area contributed by atoms with Crippen molar-refractivity contribution in [3.63, 3.8) is 0 Å². The summed E-state index contributed by atoms with van der Waals surface area (Å²) in [7, 11) is 0. The van der Waals surface area contributed by atoms with Crippen LogP contribution in [0.5, 0.6) is 5.75 Å². The minimum atomic E-state index is 0.276. The van der Waals surface area contributed by atoms with E-state index in [4.69, 9.17) is 9.84 Å². The molecule has 0 radical (unpaired) electrons. The molecule has 1 N–H and O–H groups in total. The Balaban J connectivity index is 2.47. The number of rotatable bonds is 6. The summed E-state index contributed by atoms with van der Waals surface area (Å²) in [4.78, 5) is 0. The SMILES string of the molecule is OCCCCCOc1c(I)cc(I)cc1I. The van der Waals surface area contributed by atoms with Gasteiger partial charge in [0.25, 0.3) is 0 Å². The Morgan fingerprint density at radius 3 is 2.19 bits per heavy atom. The monoisotopic (exact) mass is 558 g/mol. The Kier molecular flexibility index (Phi) is 7.90. The molecule has 90 valence electrons. The number of benzene rings is 1. The molecule has 0 amide bonds. The minimum absolute atomic E-state index is 0.276. The Bertz CT molecular complexity index is 319. The number of aliphatic hydroxyl groups excluding tert-OH is 1. The molecule has 0 saturated carbocycles. The summed E-state index contributed by atoms with van der Waals surface area (Å²) in [6.45, 7) is 1.01. The molecule has 0 atom stereocenters. The van der Waals surface area contributed by atoms with E-state index in [1.165, 1.54) is 3.57 Å². The summed E-state index contributed by atoms with van der Waals surface area (Å²) < 4.78 is 9.33. The number of ether oxygens (including phenoxy) is 1. The average Bonchev–Trinajstić information content (AvgIpc) is 2.20. The quantitative estimate of drug-likeness (QED) is 0.423. The number of halogens is 3. The Morgan fingerprint density at radius 2 is 1.62 bits per heavy atom. The first-order valence-electron chi connectivity index (χ1n) is 5.03. The van der Waals surface area contributed by atoms with Crippen LogP contribution in [0.2, 0.25) is 0 Å². The van der Waals surface area contributed by atoms with E-state index in [1.807, 2.05) is 0 Å². The van der Waals surface area contributed by atoms with Crippen LogP contribution in [-0.2, 0) is 0 Å². The molecule has 0 unspecified atom stereocenters. The second-order valence-corrected chi connectivity index (χ2v) is 6.90. The summed E-state index contributed by atoms with van der Waals surface area (Å²) in [5, 5.41) is 8.66. The van der Waals surface area contributed by atoms with Gasteiger partial charge in [0, 0.05) is 10.2 Å². The van der Waals surface area contributed by atoms with Crippen LogP contribution in [0.1, 0.15) is 19.3 Å². The summed E-state index contributed by atoms with van der Waals surface area (Å²) in [5.74, 6) is 0.991. The van der Waals surface area contributed by atoms with Crippen molar-refractivity contribution in [2.45, 2.75) is 19.3 Å². The van der Waals surface area contributed by atoms with Crippen molar-refractivity contribution in [3.8, 4) is 5.75 Å². The van der Waals surface area contributed by atoms with Crippen LogP contribution in [0.25, 0.3) is 0 Å². The highest BCUT2D eigenvalue weighted by Crippen LogP contribution is 2.29. The van der Waals surface area contributed by atoms with Gasteiger partial charge in [-0.2, -0.15) is 0 Å². The van der Waals surface area contributed by atoms with Gasteiger partial charge in [0.1, 0.15) is 5.75 Å². The number of aliphatic hydroxyl groups is 1. The van der Waals surface area contributed by atoms with Crippen LogP contribution < -0.4 is 4.74 Å². The summed E-state index contributed by atoms with van der Waals surface area (Å²) >= 11 is 6.92.